The predicted molar refractivity (Wildman–Crippen MR) is 96.2 cm³/mol. The molecule has 0 heterocycles. The highest BCUT2D eigenvalue weighted by Gasteiger charge is 2.15. The van der Waals surface area contributed by atoms with E-state index in [4.69, 9.17) is 4.74 Å². The molecular weight excluding hydrogens is 271 g/mol. The van der Waals surface area contributed by atoms with Crippen LogP contribution in [0.3, 0.4) is 0 Å². The quantitative estimate of drug-likeness (QED) is 0.260. The summed E-state index contributed by atoms with van der Waals surface area (Å²) in [7, 11) is 0. The summed E-state index contributed by atoms with van der Waals surface area (Å²) in [5.74, 6) is -0.0458. The molecule has 0 aromatic carbocycles. The van der Waals surface area contributed by atoms with E-state index in [1.807, 2.05) is 20.8 Å². The summed E-state index contributed by atoms with van der Waals surface area (Å²) < 4.78 is 5.31. The number of hydrogen-bond acceptors (Lipinski definition) is 2. The topological polar surface area (TPSA) is 26.3 Å². The molecular formula is C20H40O2. The highest BCUT2D eigenvalue weighted by molar-refractivity contribution is 5.69. The number of esters is 1. The van der Waals surface area contributed by atoms with Crippen LogP contribution >= 0.6 is 0 Å². The molecule has 2 nitrogen and oxygen atoms in total. The van der Waals surface area contributed by atoms with Crippen LogP contribution in [0.25, 0.3) is 0 Å². The first kappa shape index (κ1) is 21.5. The first-order valence-corrected chi connectivity index (χ1v) is 9.67. The molecule has 22 heavy (non-hydrogen) atoms. The third kappa shape index (κ3) is 17.5. The Hall–Kier alpha value is -0.530. The highest BCUT2D eigenvalue weighted by Crippen LogP contribution is 2.14. The maximum Gasteiger partial charge on any atom is 0.306 e. The van der Waals surface area contributed by atoms with Gasteiger partial charge in [0.25, 0.3) is 0 Å². The lowest BCUT2D eigenvalue weighted by Crippen LogP contribution is -2.23. The molecule has 0 aliphatic heterocycles. The molecule has 0 saturated carbocycles. The van der Waals surface area contributed by atoms with Crippen LogP contribution in [0.1, 0.15) is 118 Å². The van der Waals surface area contributed by atoms with E-state index >= 15 is 0 Å². The molecule has 0 N–H and O–H groups in total. The van der Waals surface area contributed by atoms with Gasteiger partial charge in [-0.3, -0.25) is 4.79 Å². The fourth-order valence-corrected chi connectivity index (χ4v) is 2.68. The maximum atomic E-state index is 11.5. The van der Waals surface area contributed by atoms with Gasteiger partial charge in [0.15, 0.2) is 0 Å². The lowest BCUT2D eigenvalue weighted by atomic mass is 10.0. The maximum absolute atomic E-state index is 11.5. The van der Waals surface area contributed by atoms with Gasteiger partial charge in [0.1, 0.15) is 5.60 Å². The van der Waals surface area contributed by atoms with Crippen molar-refractivity contribution >= 4 is 5.97 Å². The normalized spacial score (nSPS) is 11.6. The van der Waals surface area contributed by atoms with Crippen molar-refractivity contribution in [2.75, 3.05) is 0 Å². The van der Waals surface area contributed by atoms with Gasteiger partial charge in [0, 0.05) is 6.42 Å². The number of unbranched alkanes of at least 4 members (excludes halogenated alkanes) is 12. The molecule has 0 bridgehead atoms. The number of hydrogen-bond donors (Lipinski definition) is 0. The number of ether oxygens (including phenoxy) is 1. The molecule has 0 rings (SSSR count). The molecule has 0 aliphatic carbocycles. The Balaban J connectivity index is 3.16. The van der Waals surface area contributed by atoms with Gasteiger partial charge in [-0.05, 0) is 27.2 Å². The van der Waals surface area contributed by atoms with Crippen molar-refractivity contribution in [2.24, 2.45) is 0 Å². The fourth-order valence-electron chi connectivity index (χ4n) is 2.68. The Morgan fingerprint density at radius 1 is 0.682 bits per heavy atom. The largest absolute Gasteiger partial charge is 0.460 e. The van der Waals surface area contributed by atoms with Crippen molar-refractivity contribution in [3.05, 3.63) is 0 Å². The van der Waals surface area contributed by atoms with Crippen LogP contribution in [0.4, 0.5) is 0 Å². The Morgan fingerprint density at radius 3 is 1.41 bits per heavy atom. The SMILES string of the molecule is CC(C)(C)OC(=O)CCCCCCCCCCCCCC[11CH3]. The van der Waals surface area contributed by atoms with Crippen LogP contribution in [0.2, 0.25) is 0 Å². The minimum atomic E-state index is -0.340. The molecule has 0 fully saturated rings. The first-order valence-electron chi connectivity index (χ1n) is 9.67. The smallest absolute Gasteiger partial charge is 0.306 e. The van der Waals surface area contributed by atoms with Crippen LogP contribution in [0, 0.1) is 0 Å². The van der Waals surface area contributed by atoms with E-state index in [2.05, 4.69) is 6.92 Å². The molecule has 0 aromatic rings. The molecule has 132 valence electrons. The zero-order chi connectivity index (χ0) is 16.7. The Kier molecular flexibility index (Phi) is 13.7. The van der Waals surface area contributed by atoms with Gasteiger partial charge >= 0.3 is 5.97 Å². The standard InChI is InChI=1S/C20H40O2/c1-5-6-7-8-9-10-11-12-13-14-15-16-17-18-19(21)22-20(2,3)4/h5-18H2,1-4H3/i1-1. The summed E-state index contributed by atoms with van der Waals surface area (Å²) in [6.45, 7) is 8.05. The lowest BCUT2D eigenvalue weighted by molar-refractivity contribution is -0.154. The van der Waals surface area contributed by atoms with Gasteiger partial charge in [-0.15, -0.1) is 0 Å². The van der Waals surface area contributed by atoms with Crippen LogP contribution in [0.5, 0.6) is 0 Å². The second-order valence-electron chi connectivity index (χ2n) is 7.58. The zero-order valence-corrected chi connectivity index (χ0v) is 15.7. The van der Waals surface area contributed by atoms with E-state index in [0.717, 1.165) is 12.8 Å². The van der Waals surface area contributed by atoms with Gasteiger partial charge in [0.05, 0.1) is 0 Å². The Labute approximate surface area is 139 Å². The average Bonchev–Trinajstić information content (AvgIpc) is 2.42. The van der Waals surface area contributed by atoms with E-state index < -0.39 is 0 Å². The first-order chi connectivity index (χ1) is 10.5. The Morgan fingerprint density at radius 2 is 1.05 bits per heavy atom. The van der Waals surface area contributed by atoms with E-state index in [1.54, 1.807) is 0 Å². The predicted octanol–water partition coefficient (Wildman–Crippen LogP) is 6.81. The third-order valence-electron chi connectivity index (χ3n) is 3.90. The summed E-state index contributed by atoms with van der Waals surface area (Å²) >= 11 is 0. The number of carbonyl (C=O) groups is 1. The Bertz CT molecular complexity index is 253. The molecule has 0 unspecified atom stereocenters. The van der Waals surface area contributed by atoms with E-state index in [0.29, 0.717) is 6.42 Å². The van der Waals surface area contributed by atoms with E-state index in [9.17, 15) is 4.79 Å². The van der Waals surface area contributed by atoms with Crippen molar-refractivity contribution in [1.29, 1.82) is 0 Å². The summed E-state index contributed by atoms with van der Waals surface area (Å²) in [4.78, 5) is 11.5. The average molecular weight is 312 g/mol. The van der Waals surface area contributed by atoms with Crippen LogP contribution in [0.15, 0.2) is 0 Å². The second kappa shape index (κ2) is 14.1. The van der Waals surface area contributed by atoms with Crippen molar-refractivity contribution in [3.8, 4) is 0 Å². The molecule has 0 saturated heterocycles. The van der Waals surface area contributed by atoms with Gasteiger partial charge in [-0.1, -0.05) is 84.0 Å². The van der Waals surface area contributed by atoms with Gasteiger partial charge in [0.2, 0.25) is 0 Å². The van der Waals surface area contributed by atoms with E-state index in [1.165, 1.54) is 70.6 Å². The van der Waals surface area contributed by atoms with Crippen molar-refractivity contribution < 1.29 is 9.53 Å². The highest BCUT2D eigenvalue weighted by atomic mass is 16.6. The van der Waals surface area contributed by atoms with Crippen LogP contribution in [-0.4, -0.2) is 11.6 Å². The monoisotopic (exact) mass is 311 g/mol. The van der Waals surface area contributed by atoms with Gasteiger partial charge < -0.3 is 4.74 Å². The van der Waals surface area contributed by atoms with Crippen molar-refractivity contribution in [3.63, 3.8) is 0 Å². The number of carbonyl (C=O) groups excluding carboxylic acids is 1. The van der Waals surface area contributed by atoms with Crippen LogP contribution < -0.4 is 0 Å². The summed E-state index contributed by atoms with van der Waals surface area (Å²) in [6, 6.07) is 0. The van der Waals surface area contributed by atoms with Gasteiger partial charge in [-0.2, -0.15) is 0 Å². The molecule has 2 heteroatoms. The summed E-state index contributed by atoms with van der Waals surface area (Å²) in [6.07, 6.45) is 17.9. The van der Waals surface area contributed by atoms with Crippen molar-refractivity contribution in [1.82, 2.24) is 0 Å². The molecule has 0 atom stereocenters. The molecule has 0 amide bonds. The molecule has 0 radical (unpaired) electrons. The fraction of sp³-hybridized carbons (Fsp3) is 0.950. The van der Waals surface area contributed by atoms with Crippen molar-refractivity contribution in [2.45, 2.75) is 123 Å². The molecule has 0 aliphatic rings. The summed E-state index contributed by atoms with van der Waals surface area (Å²) in [5, 5.41) is 0. The lowest BCUT2D eigenvalue weighted by Gasteiger charge is -2.19. The molecule has 0 aromatic heterocycles. The number of rotatable bonds is 14. The third-order valence-corrected chi connectivity index (χ3v) is 3.90. The van der Waals surface area contributed by atoms with E-state index in [-0.39, 0.29) is 11.6 Å². The summed E-state index contributed by atoms with van der Waals surface area (Å²) in [5.41, 5.74) is -0.340. The second-order valence-corrected chi connectivity index (χ2v) is 7.58. The van der Waals surface area contributed by atoms with Crippen LogP contribution in [-0.2, 0) is 9.53 Å². The minimum absolute atomic E-state index is 0.0458. The zero-order valence-electron chi connectivity index (χ0n) is 15.7. The molecule has 0 spiro atoms. The minimum Gasteiger partial charge on any atom is -0.460 e. The van der Waals surface area contributed by atoms with Gasteiger partial charge in [-0.25, -0.2) is 0 Å².